The second-order valence-electron chi connectivity index (χ2n) is 5.13. The molecule has 0 spiro atoms. The molecule has 1 atom stereocenters. The molecule has 2 saturated heterocycles. The first-order valence-corrected chi connectivity index (χ1v) is 8.11. The largest absolute Gasteiger partial charge is 0.313 e. The highest BCUT2D eigenvalue weighted by atomic mass is 32.2. The van der Waals surface area contributed by atoms with E-state index in [0.717, 1.165) is 12.1 Å². The standard InChI is InChI=1S/C13H26N2S/c1-2-8-15(11-12-4-3-7-14-12)13-5-9-16-10-6-13/h12-14H,2-11H2,1H3. The second kappa shape index (κ2) is 6.87. The molecule has 16 heavy (non-hydrogen) atoms. The molecule has 2 nitrogen and oxygen atoms in total. The van der Waals surface area contributed by atoms with Gasteiger partial charge in [-0.3, -0.25) is 4.90 Å². The first-order valence-electron chi connectivity index (χ1n) is 6.95. The van der Waals surface area contributed by atoms with Crippen molar-refractivity contribution in [2.45, 2.75) is 51.1 Å². The van der Waals surface area contributed by atoms with Gasteiger partial charge in [-0.25, -0.2) is 0 Å². The summed E-state index contributed by atoms with van der Waals surface area (Å²) < 4.78 is 0. The summed E-state index contributed by atoms with van der Waals surface area (Å²) >= 11 is 2.13. The molecule has 0 bridgehead atoms. The maximum absolute atomic E-state index is 3.64. The monoisotopic (exact) mass is 242 g/mol. The molecule has 0 aromatic carbocycles. The first-order chi connectivity index (χ1) is 7.90. The van der Waals surface area contributed by atoms with Gasteiger partial charge in [-0.2, -0.15) is 11.8 Å². The lowest BCUT2D eigenvalue weighted by Gasteiger charge is -2.35. The normalized spacial score (nSPS) is 27.8. The van der Waals surface area contributed by atoms with Crippen molar-refractivity contribution in [3.8, 4) is 0 Å². The molecule has 3 heteroatoms. The van der Waals surface area contributed by atoms with Crippen LogP contribution in [0.3, 0.4) is 0 Å². The molecule has 0 radical (unpaired) electrons. The van der Waals surface area contributed by atoms with E-state index in [-0.39, 0.29) is 0 Å². The van der Waals surface area contributed by atoms with Crippen LogP contribution in [0, 0.1) is 0 Å². The Morgan fingerprint density at radius 2 is 2.06 bits per heavy atom. The molecule has 0 aliphatic carbocycles. The maximum Gasteiger partial charge on any atom is 0.0195 e. The van der Waals surface area contributed by atoms with Gasteiger partial charge in [-0.05, 0) is 56.7 Å². The molecule has 0 saturated carbocycles. The highest BCUT2D eigenvalue weighted by molar-refractivity contribution is 7.99. The number of rotatable bonds is 5. The number of hydrogen-bond acceptors (Lipinski definition) is 3. The summed E-state index contributed by atoms with van der Waals surface area (Å²) in [5.74, 6) is 2.76. The Morgan fingerprint density at radius 3 is 2.69 bits per heavy atom. The van der Waals surface area contributed by atoms with Crippen LogP contribution in [-0.4, -0.2) is 48.1 Å². The smallest absolute Gasteiger partial charge is 0.0195 e. The summed E-state index contributed by atoms with van der Waals surface area (Å²) in [7, 11) is 0. The van der Waals surface area contributed by atoms with E-state index >= 15 is 0 Å². The fourth-order valence-corrected chi connectivity index (χ4v) is 4.04. The predicted octanol–water partition coefficient (Wildman–Crippen LogP) is 2.35. The minimum absolute atomic E-state index is 0.779. The average Bonchev–Trinajstić information content (AvgIpc) is 2.83. The highest BCUT2D eigenvalue weighted by Gasteiger charge is 2.24. The van der Waals surface area contributed by atoms with E-state index in [1.807, 2.05) is 0 Å². The zero-order valence-corrected chi connectivity index (χ0v) is 11.4. The van der Waals surface area contributed by atoms with Crippen LogP contribution in [0.25, 0.3) is 0 Å². The fraction of sp³-hybridized carbons (Fsp3) is 1.00. The molecule has 2 rings (SSSR count). The zero-order chi connectivity index (χ0) is 11.2. The fourth-order valence-electron chi connectivity index (χ4n) is 2.96. The van der Waals surface area contributed by atoms with Crippen LogP contribution in [0.4, 0.5) is 0 Å². The summed E-state index contributed by atoms with van der Waals surface area (Å²) in [4.78, 5) is 2.77. The van der Waals surface area contributed by atoms with E-state index in [9.17, 15) is 0 Å². The van der Waals surface area contributed by atoms with E-state index in [4.69, 9.17) is 0 Å². The summed E-state index contributed by atoms with van der Waals surface area (Å²) in [6, 6.07) is 1.66. The van der Waals surface area contributed by atoms with Crippen LogP contribution in [0.2, 0.25) is 0 Å². The van der Waals surface area contributed by atoms with Gasteiger partial charge in [-0.1, -0.05) is 6.92 Å². The van der Waals surface area contributed by atoms with Gasteiger partial charge < -0.3 is 5.32 Å². The maximum atomic E-state index is 3.64. The minimum atomic E-state index is 0.779. The van der Waals surface area contributed by atoms with Gasteiger partial charge in [0.15, 0.2) is 0 Å². The van der Waals surface area contributed by atoms with E-state index in [1.165, 1.54) is 63.2 Å². The molecular formula is C13H26N2S. The number of nitrogens with zero attached hydrogens (tertiary/aromatic N) is 1. The van der Waals surface area contributed by atoms with Gasteiger partial charge in [0.05, 0.1) is 0 Å². The minimum Gasteiger partial charge on any atom is -0.313 e. The zero-order valence-electron chi connectivity index (χ0n) is 10.6. The molecule has 0 aromatic rings. The molecule has 1 unspecified atom stereocenters. The van der Waals surface area contributed by atoms with Crippen LogP contribution < -0.4 is 5.32 Å². The molecule has 0 aromatic heterocycles. The summed E-state index contributed by atoms with van der Waals surface area (Å²) in [6.45, 7) is 6.15. The summed E-state index contributed by atoms with van der Waals surface area (Å²) in [5, 5.41) is 3.64. The van der Waals surface area contributed by atoms with E-state index < -0.39 is 0 Å². The molecule has 0 amide bonds. The van der Waals surface area contributed by atoms with Crippen molar-refractivity contribution in [2.75, 3.05) is 31.1 Å². The van der Waals surface area contributed by atoms with Gasteiger partial charge in [0, 0.05) is 18.6 Å². The van der Waals surface area contributed by atoms with Crippen molar-refractivity contribution in [2.24, 2.45) is 0 Å². The van der Waals surface area contributed by atoms with Crippen LogP contribution in [0.15, 0.2) is 0 Å². The van der Waals surface area contributed by atoms with Crippen molar-refractivity contribution < 1.29 is 0 Å². The molecule has 2 aliphatic heterocycles. The third-order valence-corrected chi connectivity index (χ3v) is 4.88. The molecule has 2 aliphatic rings. The van der Waals surface area contributed by atoms with E-state index in [1.54, 1.807) is 0 Å². The molecule has 2 heterocycles. The quantitative estimate of drug-likeness (QED) is 0.797. The molecule has 2 fully saturated rings. The van der Waals surface area contributed by atoms with Crippen molar-refractivity contribution >= 4 is 11.8 Å². The van der Waals surface area contributed by atoms with Crippen LogP contribution in [-0.2, 0) is 0 Å². The third kappa shape index (κ3) is 3.64. The predicted molar refractivity (Wildman–Crippen MR) is 73.2 cm³/mol. The Balaban J connectivity index is 1.82. The Kier molecular flexibility index (Phi) is 5.46. The Morgan fingerprint density at radius 1 is 1.25 bits per heavy atom. The van der Waals surface area contributed by atoms with Crippen LogP contribution in [0.5, 0.6) is 0 Å². The SMILES string of the molecule is CCCN(CC1CCCN1)C1CCSCC1. The van der Waals surface area contributed by atoms with Gasteiger partial charge in [0.2, 0.25) is 0 Å². The Labute approximate surface area is 105 Å². The Bertz CT molecular complexity index is 186. The number of nitrogens with one attached hydrogen (secondary N) is 1. The van der Waals surface area contributed by atoms with Crippen molar-refractivity contribution in [3.05, 3.63) is 0 Å². The first kappa shape index (κ1) is 12.7. The van der Waals surface area contributed by atoms with Crippen molar-refractivity contribution in [3.63, 3.8) is 0 Å². The lowest BCUT2D eigenvalue weighted by atomic mass is 10.1. The highest BCUT2D eigenvalue weighted by Crippen LogP contribution is 2.22. The Hall–Kier alpha value is 0.270. The lowest BCUT2D eigenvalue weighted by molar-refractivity contribution is 0.170. The van der Waals surface area contributed by atoms with E-state index in [0.29, 0.717) is 0 Å². The van der Waals surface area contributed by atoms with Gasteiger partial charge in [-0.15, -0.1) is 0 Å². The van der Waals surface area contributed by atoms with Crippen LogP contribution in [0.1, 0.15) is 39.0 Å². The van der Waals surface area contributed by atoms with Gasteiger partial charge in [0.1, 0.15) is 0 Å². The van der Waals surface area contributed by atoms with Crippen molar-refractivity contribution in [1.82, 2.24) is 10.2 Å². The average molecular weight is 242 g/mol. The second-order valence-corrected chi connectivity index (χ2v) is 6.36. The number of hydrogen-bond donors (Lipinski definition) is 1. The lowest BCUT2D eigenvalue weighted by Crippen LogP contribution is -2.45. The van der Waals surface area contributed by atoms with Crippen molar-refractivity contribution in [1.29, 1.82) is 0 Å². The number of thioether (sulfide) groups is 1. The summed E-state index contributed by atoms with van der Waals surface area (Å²) in [5.41, 5.74) is 0. The van der Waals surface area contributed by atoms with Gasteiger partial charge in [0.25, 0.3) is 0 Å². The van der Waals surface area contributed by atoms with Crippen LogP contribution >= 0.6 is 11.8 Å². The summed E-state index contributed by atoms with van der Waals surface area (Å²) in [6.07, 6.45) is 6.90. The van der Waals surface area contributed by atoms with E-state index in [2.05, 4.69) is 28.9 Å². The topological polar surface area (TPSA) is 15.3 Å². The molecule has 94 valence electrons. The molecule has 1 N–H and O–H groups in total. The van der Waals surface area contributed by atoms with Gasteiger partial charge >= 0.3 is 0 Å². The molecular weight excluding hydrogens is 216 g/mol. The third-order valence-electron chi connectivity index (χ3n) is 3.84.